The Labute approximate surface area is 165 Å². The molecule has 1 unspecified atom stereocenters. The first-order valence-corrected chi connectivity index (χ1v) is 11.0. The van der Waals surface area contributed by atoms with Gasteiger partial charge in [-0.3, -0.25) is 9.69 Å². The van der Waals surface area contributed by atoms with Crippen LogP contribution in [-0.2, 0) is 4.79 Å². The van der Waals surface area contributed by atoms with Crippen molar-refractivity contribution in [2.75, 3.05) is 32.7 Å². The van der Waals surface area contributed by atoms with Crippen LogP contribution in [0, 0.1) is 5.92 Å². The Hall–Kier alpha value is -1.39. The predicted octanol–water partition coefficient (Wildman–Crippen LogP) is 3.84. The van der Waals surface area contributed by atoms with Gasteiger partial charge in [0.2, 0.25) is 5.91 Å². The fraction of sp³-hybridized carbons (Fsp3) is 0.696. The molecule has 4 heteroatoms. The Morgan fingerprint density at radius 1 is 0.963 bits per heavy atom. The van der Waals surface area contributed by atoms with Crippen molar-refractivity contribution >= 4 is 5.91 Å². The van der Waals surface area contributed by atoms with Crippen LogP contribution in [0.15, 0.2) is 30.3 Å². The standard InChI is InChI=1S/C23H37N3O/c1-19(2)25-16-12-21(13-17-25)23(27)24-18-22(20-10-6-5-7-11-20)26-14-8-3-4-9-15-26/h5-7,10-11,19,21-22H,3-4,8-9,12-18H2,1-2H3,(H,24,27). The summed E-state index contributed by atoms with van der Waals surface area (Å²) in [4.78, 5) is 17.9. The Balaban J connectivity index is 1.58. The molecular formula is C23H37N3O. The largest absolute Gasteiger partial charge is 0.354 e. The van der Waals surface area contributed by atoms with E-state index in [1.54, 1.807) is 0 Å². The van der Waals surface area contributed by atoms with Gasteiger partial charge in [0, 0.05) is 18.5 Å². The fourth-order valence-corrected chi connectivity index (χ4v) is 4.56. The van der Waals surface area contributed by atoms with Crippen molar-refractivity contribution in [1.29, 1.82) is 0 Å². The number of carbonyl (C=O) groups is 1. The second kappa shape index (κ2) is 10.2. The zero-order valence-electron chi connectivity index (χ0n) is 17.2. The van der Waals surface area contributed by atoms with Gasteiger partial charge in [0.25, 0.3) is 0 Å². The van der Waals surface area contributed by atoms with Crippen molar-refractivity contribution in [1.82, 2.24) is 15.1 Å². The average molecular weight is 372 g/mol. The highest BCUT2D eigenvalue weighted by Crippen LogP contribution is 2.24. The number of benzene rings is 1. The first-order valence-electron chi connectivity index (χ1n) is 11.0. The van der Waals surface area contributed by atoms with Gasteiger partial charge in [0.05, 0.1) is 6.04 Å². The smallest absolute Gasteiger partial charge is 0.223 e. The number of piperidine rings is 1. The maximum absolute atomic E-state index is 12.8. The number of nitrogens with zero attached hydrogens (tertiary/aromatic N) is 2. The van der Waals surface area contributed by atoms with Gasteiger partial charge < -0.3 is 10.2 Å². The fourth-order valence-electron chi connectivity index (χ4n) is 4.56. The first kappa shape index (κ1) is 20.3. The van der Waals surface area contributed by atoms with Gasteiger partial charge in [-0.15, -0.1) is 0 Å². The van der Waals surface area contributed by atoms with Crippen molar-refractivity contribution in [3.63, 3.8) is 0 Å². The minimum absolute atomic E-state index is 0.181. The molecule has 0 saturated carbocycles. The first-order chi connectivity index (χ1) is 13.1. The minimum atomic E-state index is 0.181. The SMILES string of the molecule is CC(C)N1CCC(C(=O)NCC(c2ccccc2)N2CCCCCC2)CC1. The molecule has 1 aromatic rings. The van der Waals surface area contributed by atoms with E-state index >= 15 is 0 Å². The van der Waals surface area contributed by atoms with E-state index in [0.717, 1.165) is 45.6 Å². The van der Waals surface area contributed by atoms with Crippen LogP contribution >= 0.6 is 0 Å². The molecule has 3 rings (SSSR count). The molecule has 27 heavy (non-hydrogen) atoms. The molecule has 0 radical (unpaired) electrons. The lowest BCUT2D eigenvalue weighted by Gasteiger charge is -2.35. The molecule has 2 saturated heterocycles. The average Bonchev–Trinajstić information content (AvgIpc) is 2.98. The van der Waals surface area contributed by atoms with Crippen molar-refractivity contribution in [2.24, 2.45) is 5.92 Å². The molecule has 150 valence electrons. The third kappa shape index (κ3) is 5.79. The van der Waals surface area contributed by atoms with Gasteiger partial charge >= 0.3 is 0 Å². The van der Waals surface area contributed by atoms with Gasteiger partial charge in [-0.2, -0.15) is 0 Å². The van der Waals surface area contributed by atoms with Crippen LogP contribution in [0.25, 0.3) is 0 Å². The second-order valence-electron chi connectivity index (χ2n) is 8.53. The third-order valence-electron chi connectivity index (χ3n) is 6.37. The Morgan fingerprint density at radius 3 is 2.19 bits per heavy atom. The molecule has 0 spiro atoms. The minimum Gasteiger partial charge on any atom is -0.354 e. The number of nitrogens with one attached hydrogen (secondary N) is 1. The lowest BCUT2D eigenvalue weighted by molar-refractivity contribution is -0.126. The molecule has 0 bridgehead atoms. The van der Waals surface area contributed by atoms with Crippen LogP contribution in [0.5, 0.6) is 0 Å². The Bertz CT molecular complexity index is 558. The van der Waals surface area contributed by atoms with E-state index in [1.165, 1.54) is 31.2 Å². The molecule has 0 aromatic heterocycles. The topological polar surface area (TPSA) is 35.6 Å². The van der Waals surface area contributed by atoms with Gasteiger partial charge in [-0.05, 0) is 71.3 Å². The summed E-state index contributed by atoms with van der Waals surface area (Å²) in [6.07, 6.45) is 7.18. The number of hydrogen-bond donors (Lipinski definition) is 1. The summed E-state index contributed by atoms with van der Waals surface area (Å²) in [6.45, 7) is 9.59. The highest BCUT2D eigenvalue weighted by Gasteiger charge is 2.27. The van der Waals surface area contributed by atoms with E-state index in [-0.39, 0.29) is 11.8 Å². The van der Waals surface area contributed by atoms with E-state index in [2.05, 4.69) is 59.3 Å². The monoisotopic (exact) mass is 371 g/mol. The van der Waals surface area contributed by atoms with Crippen LogP contribution < -0.4 is 5.32 Å². The predicted molar refractivity (Wildman–Crippen MR) is 112 cm³/mol. The van der Waals surface area contributed by atoms with Crippen molar-refractivity contribution in [3.8, 4) is 0 Å². The highest BCUT2D eigenvalue weighted by molar-refractivity contribution is 5.78. The number of carbonyl (C=O) groups excluding carboxylic acids is 1. The quantitative estimate of drug-likeness (QED) is 0.825. The number of amides is 1. The summed E-state index contributed by atoms with van der Waals surface area (Å²) >= 11 is 0. The second-order valence-corrected chi connectivity index (χ2v) is 8.53. The molecular weight excluding hydrogens is 334 g/mol. The summed E-state index contributed by atoms with van der Waals surface area (Å²) in [5.41, 5.74) is 1.33. The normalized spacial score (nSPS) is 21.7. The molecule has 1 atom stereocenters. The molecule has 2 aliphatic heterocycles. The Morgan fingerprint density at radius 2 is 1.59 bits per heavy atom. The number of hydrogen-bond acceptors (Lipinski definition) is 3. The van der Waals surface area contributed by atoms with Crippen LogP contribution in [0.1, 0.15) is 64.0 Å². The summed E-state index contributed by atoms with van der Waals surface area (Å²) in [6, 6.07) is 11.6. The van der Waals surface area contributed by atoms with Crippen molar-refractivity contribution in [2.45, 2.75) is 64.5 Å². The van der Waals surface area contributed by atoms with E-state index in [4.69, 9.17) is 0 Å². The van der Waals surface area contributed by atoms with Crippen LogP contribution in [0.4, 0.5) is 0 Å². The van der Waals surface area contributed by atoms with Crippen LogP contribution in [0.3, 0.4) is 0 Å². The van der Waals surface area contributed by atoms with Gasteiger partial charge in [-0.25, -0.2) is 0 Å². The van der Waals surface area contributed by atoms with Crippen LogP contribution in [0.2, 0.25) is 0 Å². The third-order valence-corrected chi connectivity index (χ3v) is 6.37. The molecule has 2 heterocycles. The van der Waals surface area contributed by atoms with Crippen molar-refractivity contribution < 1.29 is 4.79 Å². The molecule has 2 aliphatic rings. The highest BCUT2D eigenvalue weighted by atomic mass is 16.1. The van der Waals surface area contributed by atoms with Gasteiger partial charge in [-0.1, -0.05) is 43.2 Å². The number of likely N-dealkylation sites (tertiary alicyclic amines) is 2. The summed E-state index contributed by atoms with van der Waals surface area (Å²) in [5.74, 6) is 0.440. The lowest BCUT2D eigenvalue weighted by atomic mass is 9.95. The molecule has 1 amide bonds. The number of rotatable bonds is 6. The maximum atomic E-state index is 12.8. The Kier molecular flexibility index (Phi) is 7.71. The molecule has 1 aromatic carbocycles. The zero-order chi connectivity index (χ0) is 19.1. The van der Waals surface area contributed by atoms with E-state index < -0.39 is 0 Å². The molecule has 2 fully saturated rings. The van der Waals surface area contributed by atoms with Gasteiger partial charge in [0.1, 0.15) is 0 Å². The maximum Gasteiger partial charge on any atom is 0.223 e. The zero-order valence-corrected chi connectivity index (χ0v) is 17.2. The van der Waals surface area contributed by atoms with Gasteiger partial charge in [0.15, 0.2) is 0 Å². The molecule has 4 nitrogen and oxygen atoms in total. The summed E-state index contributed by atoms with van der Waals surface area (Å²) < 4.78 is 0. The lowest BCUT2D eigenvalue weighted by Crippen LogP contribution is -2.45. The van der Waals surface area contributed by atoms with E-state index in [0.29, 0.717) is 12.1 Å². The van der Waals surface area contributed by atoms with Crippen LogP contribution in [-0.4, -0.2) is 54.5 Å². The summed E-state index contributed by atoms with van der Waals surface area (Å²) in [7, 11) is 0. The molecule has 1 N–H and O–H groups in total. The summed E-state index contributed by atoms with van der Waals surface area (Å²) in [5, 5.41) is 3.31. The molecule has 0 aliphatic carbocycles. The van der Waals surface area contributed by atoms with Crippen molar-refractivity contribution in [3.05, 3.63) is 35.9 Å². The van der Waals surface area contributed by atoms with E-state index in [1.807, 2.05) is 0 Å². The van der Waals surface area contributed by atoms with E-state index in [9.17, 15) is 4.79 Å².